The molecule has 0 atom stereocenters. The van der Waals surface area contributed by atoms with Crippen molar-refractivity contribution >= 4 is 29.3 Å². The zero-order valence-electron chi connectivity index (χ0n) is 12.9. The van der Waals surface area contributed by atoms with Crippen LogP contribution in [0.25, 0.3) is 0 Å². The second kappa shape index (κ2) is 7.27. The van der Waals surface area contributed by atoms with Gasteiger partial charge in [-0.2, -0.15) is 0 Å². The predicted octanol–water partition coefficient (Wildman–Crippen LogP) is 2.93. The zero-order valence-corrected chi connectivity index (χ0v) is 13.7. The number of esters is 1. The highest BCUT2D eigenvalue weighted by Gasteiger charge is 2.16. The summed E-state index contributed by atoms with van der Waals surface area (Å²) in [5, 5.41) is 2.65. The summed E-state index contributed by atoms with van der Waals surface area (Å²) in [5.41, 5.74) is 0.991. The summed E-state index contributed by atoms with van der Waals surface area (Å²) in [7, 11) is 0. The molecule has 0 radical (unpaired) electrons. The minimum absolute atomic E-state index is 0.166. The molecule has 0 unspecified atom stereocenters. The number of fused-ring (bicyclic) bond motifs is 1. The van der Waals surface area contributed by atoms with Gasteiger partial charge in [-0.1, -0.05) is 12.1 Å². The van der Waals surface area contributed by atoms with Gasteiger partial charge < -0.3 is 19.5 Å². The smallest absolute Gasteiger partial charge is 0.339 e. The molecule has 0 aromatic heterocycles. The quantitative estimate of drug-likeness (QED) is 0.663. The van der Waals surface area contributed by atoms with Crippen molar-refractivity contribution in [3.63, 3.8) is 0 Å². The summed E-state index contributed by atoms with van der Waals surface area (Å²) >= 11 is 1.44. The van der Waals surface area contributed by atoms with E-state index in [2.05, 4.69) is 5.32 Å². The molecular formula is C17H15NO5S. The average molecular weight is 345 g/mol. The van der Waals surface area contributed by atoms with Crippen LogP contribution in [0.3, 0.4) is 0 Å². The molecule has 1 N–H and O–H groups in total. The third-order valence-electron chi connectivity index (χ3n) is 3.32. The number of ether oxygens (including phenoxy) is 3. The summed E-state index contributed by atoms with van der Waals surface area (Å²) in [6.45, 7) is -0.199. The molecule has 1 aliphatic heterocycles. The van der Waals surface area contributed by atoms with Crippen LogP contribution in [0, 0.1) is 0 Å². The van der Waals surface area contributed by atoms with Crippen LogP contribution in [-0.2, 0) is 9.53 Å². The van der Waals surface area contributed by atoms with E-state index < -0.39 is 11.9 Å². The van der Waals surface area contributed by atoms with Crippen LogP contribution < -0.4 is 14.8 Å². The number of anilines is 1. The average Bonchev–Trinajstić information content (AvgIpc) is 3.07. The number of thioether (sulfide) groups is 1. The van der Waals surface area contributed by atoms with Gasteiger partial charge in [-0.3, -0.25) is 4.79 Å². The van der Waals surface area contributed by atoms with Crippen molar-refractivity contribution in [2.45, 2.75) is 4.90 Å². The molecule has 24 heavy (non-hydrogen) atoms. The molecule has 7 heteroatoms. The maximum absolute atomic E-state index is 12.1. The van der Waals surface area contributed by atoms with Crippen LogP contribution in [0.5, 0.6) is 11.5 Å². The molecule has 0 aliphatic carbocycles. The molecule has 124 valence electrons. The van der Waals surface area contributed by atoms with E-state index in [9.17, 15) is 9.59 Å². The molecule has 3 rings (SSSR count). The zero-order chi connectivity index (χ0) is 16.9. The standard InChI is InChI=1S/C17H15NO5S/c1-24-15-5-3-2-4-12(15)17(20)21-9-16(19)18-11-6-7-13-14(8-11)23-10-22-13/h2-8H,9-10H2,1H3,(H,18,19). The van der Waals surface area contributed by atoms with Gasteiger partial charge in [-0.05, 0) is 30.5 Å². The topological polar surface area (TPSA) is 73.9 Å². The number of hydrogen-bond donors (Lipinski definition) is 1. The van der Waals surface area contributed by atoms with E-state index in [0.717, 1.165) is 4.90 Å². The van der Waals surface area contributed by atoms with Gasteiger partial charge >= 0.3 is 5.97 Å². The van der Waals surface area contributed by atoms with Gasteiger partial charge in [0.05, 0.1) is 5.56 Å². The fourth-order valence-corrected chi connectivity index (χ4v) is 2.78. The van der Waals surface area contributed by atoms with E-state index in [4.69, 9.17) is 14.2 Å². The molecule has 0 fully saturated rings. The molecule has 2 aromatic carbocycles. The molecule has 0 saturated carbocycles. The summed E-state index contributed by atoms with van der Waals surface area (Å²) in [6.07, 6.45) is 1.87. The summed E-state index contributed by atoms with van der Waals surface area (Å²) < 4.78 is 15.5. The van der Waals surface area contributed by atoms with Gasteiger partial charge in [0.15, 0.2) is 18.1 Å². The molecule has 0 saturated heterocycles. The lowest BCUT2D eigenvalue weighted by molar-refractivity contribution is -0.119. The van der Waals surface area contributed by atoms with Crippen LogP contribution in [-0.4, -0.2) is 31.5 Å². The fourth-order valence-electron chi connectivity index (χ4n) is 2.19. The fraction of sp³-hybridized carbons (Fsp3) is 0.176. The Morgan fingerprint density at radius 1 is 1.17 bits per heavy atom. The first-order valence-corrected chi connectivity index (χ1v) is 8.39. The van der Waals surface area contributed by atoms with Gasteiger partial charge in [0.2, 0.25) is 6.79 Å². The second-order valence-corrected chi connectivity index (χ2v) is 5.74. The Kier molecular flexibility index (Phi) is 4.90. The van der Waals surface area contributed by atoms with Crippen LogP contribution in [0.4, 0.5) is 5.69 Å². The first-order valence-electron chi connectivity index (χ1n) is 7.17. The Morgan fingerprint density at radius 2 is 1.96 bits per heavy atom. The van der Waals surface area contributed by atoms with Gasteiger partial charge in [-0.25, -0.2) is 4.79 Å². The van der Waals surface area contributed by atoms with Crippen molar-refractivity contribution in [3.05, 3.63) is 48.0 Å². The number of carbonyl (C=O) groups is 2. The number of rotatable bonds is 5. The molecule has 6 nitrogen and oxygen atoms in total. The lowest BCUT2D eigenvalue weighted by Gasteiger charge is -2.09. The Hall–Kier alpha value is -2.67. The maximum Gasteiger partial charge on any atom is 0.339 e. The Balaban J connectivity index is 1.56. The Morgan fingerprint density at radius 3 is 2.79 bits per heavy atom. The van der Waals surface area contributed by atoms with E-state index in [1.54, 1.807) is 30.3 Å². The highest BCUT2D eigenvalue weighted by atomic mass is 32.2. The Bertz CT molecular complexity index is 777. The van der Waals surface area contributed by atoms with Crippen molar-refractivity contribution in [2.75, 3.05) is 25.0 Å². The third-order valence-corrected chi connectivity index (χ3v) is 4.11. The largest absolute Gasteiger partial charge is 0.454 e. The van der Waals surface area contributed by atoms with E-state index in [0.29, 0.717) is 22.7 Å². The molecule has 0 bridgehead atoms. The SMILES string of the molecule is CSc1ccccc1C(=O)OCC(=O)Nc1ccc2c(c1)OCO2. The van der Waals surface area contributed by atoms with E-state index >= 15 is 0 Å². The van der Waals surface area contributed by atoms with E-state index in [1.165, 1.54) is 11.8 Å². The number of benzene rings is 2. The number of amides is 1. The van der Waals surface area contributed by atoms with Gasteiger partial charge in [0, 0.05) is 16.6 Å². The van der Waals surface area contributed by atoms with Crippen LogP contribution in [0.15, 0.2) is 47.4 Å². The highest BCUT2D eigenvalue weighted by molar-refractivity contribution is 7.98. The molecular weight excluding hydrogens is 330 g/mol. The molecule has 2 aromatic rings. The van der Waals surface area contributed by atoms with Crippen molar-refractivity contribution < 1.29 is 23.8 Å². The van der Waals surface area contributed by atoms with Gasteiger partial charge in [0.1, 0.15) is 0 Å². The lowest BCUT2D eigenvalue weighted by Crippen LogP contribution is -2.21. The predicted molar refractivity (Wildman–Crippen MR) is 89.7 cm³/mol. The third kappa shape index (κ3) is 3.62. The molecule has 1 amide bonds. The van der Waals surface area contributed by atoms with Crippen molar-refractivity contribution in [1.29, 1.82) is 0 Å². The van der Waals surface area contributed by atoms with E-state index in [-0.39, 0.29) is 13.4 Å². The van der Waals surface area contributed by atoms with Crippen LogP contribution >= 0.6 is 11.8 Å². The summed E-state index contributed by atoms with van der Waals surface area (Å²) in [6, 6.07) is 12.1. The molecule has 1 heterocycles. The molecule has 1 aliphatic rings. The monoisotopic (exact) mass is 345 g/mol. The lowest BCUT2D eigenvalue weighted by atomic mass is 10.2. The van der Waals surface area contributed by atoms with Crippen molar-refractivity contribution in [3.8, 4) is 11.5 Å². The maximum atomic E-state index is 12.1. The first-order chi connectivity index (χ1) is 11.7. The molecule has 0 spiro atoms. The first kappa shape index (κ1) is 16.2. The van der Waals surface area contributed by atoms with Crippen molar-refractivity contribution in [1.82, 2.24) is 0 Å². The van der Waals surface area contributed by atoms with Gasteiger partial charge in [-0.15, -0.1) is 11.8 Å². The minimum Gasteiger partial charge on any atom is -0.454 e. The van der Waals surface area contributed by atoms with Crippen molar-refractivity contribution in [2.24, 2.45) is 0 Å². The number of nitrogens with one attached hydrogen (secondary N) is 1. The number of carbonyl (C=O) groups excluding carboxylic acids is 2. The normalized spacial score (nSPS) is 11.9. The summed E-state index contributed by atoms with van der Waals surface area (Å²) in [4.78, 5) is 24.8. The van der Waals surface area contributed by atoms with Crippen LogP contribution in [0.2, 0.25) is 0 Å². The highest BCUT2D eigenvalue weighted by Crippen LogP contribution is 2.34. The van der Waals surface area contributed by atoms with E-state index in [1.807, 2.05) is 18.4 Å². The van der Waals surface area contributed by atoms with Crippen LogP contribution in [0.1, 0.15) is 10.4 Å². The number of hydrogen-bond acceptors (Lipinski definition) is 6. The summed E-state index contributed by atoms with van der Waals surface area (Å²) in [5.74, 6) is 0.247. The minimum atomic E-state index is -0.527. The Labute approximate surface area is 143 Å². The van der Waals surface area contributed by atoms with Gasteiger partial charge in [0.25, 0.3) is 5.91 Å². The second-order valence-electron chi connectivity index (χ2n) is 4.89.